The Kier molecular flexibility index (Phi) is 7.09. The van der Waals surface area contributed by atoms with Gasteiger partial charge in [-0.25, -0.2) is 0 Å². The molecule has 0 heterocycles. The first-order valence-corrected chi connectivity index (χ1v) is 9.86. The molecule has 0 saturated carbocycles. The zero-order valence-corrected chi connectivity index (χ0v) is 17.9. The average molecular weight is 405 g/mol. The number of carbonyl (C=O) groups is 1. The van der Waals surface area contributed by atoms with E-state index in [0.29, 0.717) is 23.7 Å². The first-order chi connectivity index (χ1) is 14.5. The van der Waals surface area contributed by atoms with Crippen LogP contribution in [-0.4, -0.2) is 32.0 Å². The van der Waals surface area contributed by atoms with Crippen molar-refractivity contribution in [1.29, 1.82) is 0 Å². The van der Waals surface area contributed by atoms with Crippen LogP contribution in [0.3, 0.4) is 0 Å². The minimum Gasteiger partial charge on any atom is -0.493 e. The van der Waals surface area contributed by atoms with E-state index in [1.54, 1.807) is 25.3 Å². The van der Waals surface area contributed by atoms with E-state index >= 15 is 0 Å². The number of rotatable bonds is 8. The van der Waals surface area contributed by atoms with Gasteiger partial charge in [-0.15, -0.1) is 0 Å². The molecule has 0 radical (unpaired) electrons. The maximum absolute atomic E-state index is 12.9. The summed E-state index contributed by atoms with van der Waals surface area (Å²) >= 11 is 0. The summed E-state index contributed by atoms with van der Waals surface area (Å²) in [5.41, 5.74) is 4.61. The summed E-state index contributed by atoms with van der Waals surface area (Å²) in [6.45, 7) is 3.22. The Morgan fingerprint density at radius 2 is 1.73 bits per heavy atom. The number of hydrogen-bond acceptors (Lipinski definition) is 4. The van der Waals surface area contributed by atoms with Gasteiger partial charge in [0.2, 0.25) is 0 Å². The third kappa shape index (κ3) is 5.61. The van der Waals surface area contributed by atoms with E-state index in [0.717, 1.165) is 28.9 Å². The molecule has 0 bridgehead atoms. The zero-order valence-electron chi connectivity index (χ0n) is 17.9. The molecule has 30 heavy (non-hydrogen) atoms. The van der Waals surface area contributed by atoms with Crippen LogP contribution in [0.2, 0.25) is 0 Å². The molecule has 0 unspecified atom stereocenters. The van der Waals surface area contributed by atoms with Gasteiger partial charge in [0.05, 0.1) is 7.11 Å². The molecular weight excluding hydrogens is 376 g/mol. The van der Waals surface area contributed by atoms with Gasteiger partial charge in [-0.2, -0.15) is 0 Å². The molecule has 0 aliphatic rings. The lowest BCUT2D eigenvalue weighted by atomic mass is 10.1. The van der Waals surface area contributed by atoms with E-state index in [1.165, 1.54) is 0 Å². The molecule has 0 saturated heterocycles. The van der Waals surface area contributed by atoms with Crippen LogP contribution in [0.5, 0.6) is 11.5 Å². The van der Waals surface area contributed by atoms with Gasteiger partial charge >= 0.3 is 0 Å². The number of benzene rings is 3. The second-order valence-corrected chi connectivity index (χ2v) is 7.49. The Morgan fingerprint density at radius 3 is 2.43 bits per heavy atom. The van der Waals surface area contributed by atoms with Gasteiger partial charge in [0, 0.05) is 17.8 Å². The number of methoxy groups -OCH3 is 1. The summed E-state index contributed by atoms with van der Waals surface area (Å²) in [7, 11) is 5.58. The fraction of sp³-hybridized carbons (Fsp3) is 0.240. The van der Waals surface area contributed by atoms with Crippen LogP contribution in [0, 0.1) is 6.92 Å². The third-order valence-corrected chi connectivity index (χ3v) is 4.66. The average Bonchev–Trinajstić information content (AvgIpc) is 2.74. The predicted molar refractivity (Wildman–Crippen MR) is 120 cm³/mol. The maximum Gasteiger partial charge on any atom is 0.255 e. The molecule has 3 rings (SSSR count). The van der Waals surface area contributed by atoms with Gasteiger partial charge < -0.3 is 19.7 Å². The molecule has 5 nitrogen and oxygen atoms in total. The highest BCUT2D eigenvalue weighted by molar-refractivity contribution is 6.05. The summed E-state index contributed by atoms with van der Waals surface area (Å²) < 4.78 is 11.3. The van der Waals surface area contributed by atoms with Gasteiger partial charge in [0.25, 0.3) is 5.91 Å². The fourth-order valence-electron chi connectivity index (χ4n) is 3.17. The van der Waals surface area contributed by atoms with E-state index < -0.39 is 0 Å². The molecule has 1 amide bonds. The first kappa shape index (κ1) is 21.4. The van der Waals surface area contributed by atoms with Crippen LogP contribution in [0.4, 0.5) is 5.69 Å². The SMILES string of the molecule is COc1cc(C(=O)Nc2ccc(C)cc2CN(C)C)ccc1OCc1ccccc1. The monoisotopic (exact) mass is 404 g/mol. The lowest BCUT2D eigenvalue weighted by Gasteiger charge is -2.16. The topological polar surface area (TPSA) is 50.8 Å². The molecule has 5 heteroatoms. The zero-order chi connectivity index (χ0) is 21.5. The van der Waals surface area contributed by atoms with E-state index in [-0.39, 0.29) is 5.91 Å². The Labute approximate surface area is 178 Å². The molecule has 0 fully saturated rings. The minimum atomic E-state index is -0.188. The van der Waals surface area contributed by atoms with E-state index in [2.05, 4.69) is 16.3 Å². The lowest BCUT2D eigenvalue weighted by molar-refractivity contribution is 0.102. The summed E-state index contributed by atoms with van der Waals surface area (Å²) in [6, 6.07) is 21.2. The summed E-state index contributed by atoms with van der Waals surface area (Å²) in [5.74, 6) is 0.935. The van der Waals surface area contributed by atoms with Gasteiger partial charge in [0.15, 0.2) is 11.5 Å². The molecule has 1 N–H and O–H groups in total. The number of anilines is 1. The number of aryl methyl sites for hydroxylation is 1. The van der Waals surface area contributed by atoms with Crippen LogP contribution >= 0.6 is 0 Å². The summed E-state index contributed by atoms with van der Waals surface area (Å²) in [4.78, 5) is 15.0. The van der Waals surface area contributed by atoms with Crippen molar-refractivity contribution < 1.29 is 14.3 Å². The Balaban J connectivity index is 1.75. The first-order valence-electron chi connectivity index (χ1n) is 9.86. The highest BCUT2D eigenvalue weighted by Gasteiger charge is 2.14. The van der Waals surface area contributed by atoms with Gasteiger partial charge in [0.1, 0.15) is 6.61 Å². The van der Waals surface area contributed by atoms with Crippen molar-refractivity contribution in [3.8, 4) is 11.5 Å². The number of carbonyl (C=O) groups excluding carboxylic acids is 1. The van der Waals surface area contributed by atoms with Crippen LogP contribution in [-0.2, 0) is 13.2 Å². The molecule has 0 aliphatic heterocycles. The number of hydrogen-bond donors (Lipinski definition) is 1. The molecule has 3 aromatic carbocycles. The Hall–Kier alpha value is -3.31. The molecule has 0 aliphatic carbocycles. The predicted octanol–water partition coefficient (Wildman–Crippen LogP) is 4.90. The molecule has 0 atom stereocenters. The van der Waals surface area contributed by atoms with Crippen molar-refractivity contribution in [3.05, 3.63) is 89.0 Å². The van der Waals surface area contributed by atoms with Crippen molar-refractivity contribution in [2.45, 2.75) is 20.1 Å². The van der Waals surface area contributed by atoms with Crippen molar-refractivity contribution in [2.24, 2.45) is 0 Å². The number of amides is 1. The number of nitrogens with zero attached hydrogens (tertiary/aromatic N) is 1. The molecule has 156 valence electrons. The summed E-state index contributed by atoms with van der Waals surface area (Å²) in [6.07, 6.45) is 0. The van der Waals surface area contributed by atoms with Crippen LogP contribution in [0.25, 0.3) is 0 Å². The molecule has 0 spiro atoms. The maximum atomic E-state index is 12.9. The van der Waals surface area contributed by atoms with Crippen LogP contribution in [0.1, 0.15) is 27.0 Å². The van der Waals surface area contributed by atoms with Gasteiger partial charge in [-0.3, -0.25) is 4.79 Å². The largest absolute Gasteiger partial charge is 0.493 e. The van der Waals surface area contributed by atoms with E-state index in [1.807, 2.05) is 63.5 Å². The molecule has 0 aromatic heterocycles. The molecular formula is C25H28N2O3. The fourth-order valence-corrected chi connectivity index (χ4v) is 3.17. The quantitative estimate of drug-likeness (QED) is 0.580. The van der Waals surface area contributed by atoms with Gasteiger partial charge in [-0.05, 0) is 56.4 Å². The highest BCUT2D eigenvalue weighted by Crippen LogP contribution is 2.29. The second-order valence-electron chi connectivity index (χ2n) is 7.49. The van der Waals surface area contributed by atoms with Crippen LogP contribution in [0.15, 0.2) is 66.7 Å². The van der Waals surface area contributed by atoms with Crippen molar-refractivity contribution in [1.82, 2.24) is 4.90 Å². The molecule has 3 aromatic rings. The smallest absolute Gasteiger partial charge is 0.255 e. The van der Waals surface area contributed by atoms with E-state index in [4.69, 9.17) is 9.47 Å². The van der Waals surface area contributed by atoms with Crippen molar-refractivity contribution >= 4 is 11.6 Å². The third-order valence-electron chi connectivity index (χ3n) is 4.66. The van der Waals surface area contributed by atoms with Crippen molar-refractivity contribution in [3.63, 3.8) is 0 Å². The minimum absolute atomic E-state index is 0.188. The lowest BCUT2D eigenvalue weighted by Crippen LogP contribution is -2.17. The summed E-state index contributed by atoms with van der Waals surface area (Å²) in [5, 5.41) is 3.03. The van der Waals surface area contributed by atoms with Gasteiger partial charge in [-0.1, -0.05) is 48.0 Å². The normalized spacial score (nSPS) is 10.7. The van der Waals surface area contributed by atoms with E-state index in [9.17, 15) is 4.79 Å². The number of nitrogens with one attached hydrogen (secondary N) is 1. The standard InChI is InChI=1S/C25H28N2O3/c1-18-10-12-22(21(14-18)16-27(2)3)26-25(28)20-11-13-23(24(15-20)29-4)30-17-19-8-6-5-7-9-19/h5-15H,16-17H2,1-4H3,(H,26,28). The van der Waals surface area contributed by atoms with Crippen molar-refractivity contribution in [2.75, 3.05) is 26.5 Å². The van der Waals surface area contributed by atoms with Crippen LogP contribution < -0.4 is 14.8 Å². The Morgan fingerprint density at radius 1 is 0.967 bits per heavy atom. The Bertz CT molecular complexity index is 1000. The second kappa shape index (κ2) is 9.94. The number of ether oxygens (including phenoxy) is 2. The highest BCUT2D eigenvalue weighted by atomic mass is 16.5.